The van der Waals surface area contributed by atoms with E-state index in [0.29, 0.717) is 12.1 Å². The molecule has 1 nitrogen and oxygen atoms in total. The first kappa shape index (κ1) is 9.45. The number of hydrogen-bond acceptors (Lipinski definition) is 1. The van der Waals surface area contributed by atoms with Gasteiger partial charge in [0.1, 0.15) is 5.67 Å². The van der Waals surface area contributed by atoms with Crippen LogP contribution in [0.3, 0.4) is 0 Å². The van der Waals surface area contributed by atoms with Crippen molar-refractivity contribution in [3.8, 4) is 0 Å². The number of rotatable bonds is 3. The van der Waals surface area contributed by atoms with Gasteiger partial charge in [0.25, 0.3) is 0 Å². The van der Waals surface area contributed by atoms with Gasteiger partial charge in [-0.3, -0.25) is 0 Å². The van der Waals surface area contributed by atoms with Crippen molar-refractivity contribution in [2.24, 2.45) is 0 Å². The van der Waals surface area contributed by atoms with Gasteiger partial charge in [0.15, 0.2) is 0 Å². The molecule has 13 heavy (non-hydrogen) atoms. The summed E-state index contributed by atoms with van der Waals surface area (Å²) in [6.07, 6.45) is 6.89. The molecule has 0 saturated carbocycles. The lowest BCUT2D eigenvalue weighted by molar-refractivity contribution is 0.0769. The maximum absolute atomic E-state index is 14.3. The van der Waals surface area contributed by atoms with Crippen molar-refractivity contribution in [3.05, 3.63) is 0 Å². The van der Waals surface area contributed by atoms with Gasteiger partial charge in [0, 0.05) is 12.1 Å². The van der Waals surface area contributed by atoms with Crippen molar-refractivity contribution < 1.29 is 4.39 Å². The van der Waals surface area contributed by atoms with Crippen LogP contribution in [0.25, 0.3) is 0 Å². The lowest BCUT2D eigenvalue weighted by atomic mass is 9.85. The minimum absolute atomic E-state index is 0.487. The minimum Gasteiger partial charge on any atom is -0.311 e. The van der Waals surface area contributed by atoms with E-state index < -0.39 is 5.67 Å². The molecule has 0 spiro atoms. The lowest BCUT2D eigenvalue weighted by Gasteiger charge is -2.35. The zero-order valence-electron chi connectivity index (χ0n) is 8.48. The molecule has 0 radical (unpaired) electrons. The number of unbranched alkanes of at least 4 members (excludes halogenated alkanes) is 1. The van der Waals surface area contributed by atoms with Crippen molar-refractivity contribution in [3.63, 3.8) is 0 Å². The Hall–Kier alpha value is -0.110. The van der Waals surface area contributed by atoms with Gasteiger partial charge in [0.2, 0.25) is 0 Å². The second-order valence-electron chi connectivity index (χ2n) is 4.80. The molecule has 0 aliphatic carbocycles. The van der Waals surface area contributed by atoms with Crippen molar-refractivity contribution in [1.82, 2.24) is 5.32 Å². The summed E-state index contributed by atoms with van der Waals surface area (Å²) in [4.78, 5) is 0. The normalized spacial score (nSPS) is 43.8. The van der Waals surface area contributed by atoms with Gasteiger partial charge in [-0.2, -0.15) is 0 Å². The SMILES string of the molecule is CCCCC1(F)CC2CCC(C1)N2. The summed E-state index contributed by atoms with van der Waals surface area (Å²) in [6.45, 7) is 2.14. The molecular weight excluding hydrogens is 165 g/mol. The Morgan fingerprint density at radius 1 is 1.31 bits per heavy atom. The van der Waals surface area contributed by atoms with Crippen molar-refractivity contribution in [1.29, 1.82) is 0 Å². The number of halogens is 1. The van der Waals surface area contributed by atoms with Gasteiger partial charge in [-0.05, 0) is 32.1 Å². The highest BCUT2D eigenvalue weighted by Crippen LogP contribution is 2.39. The molecule has 2 bridgehead atoms. The predicted octanol–water partition coefficient (Wildman–Crippen LogP) is 2.80. The first-order valence-electron chi connectivity index (χ1n) is 5.67. The fourth-order valence-corrected chi connectivity index (χ4v) is 2.89. The van der Waals surface area contributed by atoms with Gasteiger partial charge in [-0.15, -0.1) is 0 Å². The number of piperidine rings is 1. The van der Waals surface area contributed by atoms with Crippen LogP contribution in [0.1, 0.15) is 51.9 Å². The second kappa shape index (κ2) is 3.56. The van der Waals surface area contributed by atoms with Crippen LogP contribution in [0.5, 0.6) is 0 Å². The topological polar surface area (TPSA) is 12.0 Å². The third-order valence-electron chi connectivity index (χ3n) is 3.54. The number of nitrogens with one attached hydrogen (secondary N) is 1. The Balaban J connectivity index is 1.92. The van der Waals surface area contributed by atoms with Gasteiger partial charge < -0.3 is 5.32 Å². The zero-order chi connectivity index (χ0) is 9.31. The standard InChI is InChI=1S/C11H20FN/c1-2-3-6-11(12)7-9-4-5-10(8-11)13-9/h9-10,13H,2-8H2,1H3. The quantitative estimate of drug-likeness (QED) is 0.713. The molecule has 0 aromatic carbocycles. The molecular formula is C11H20FN. The highest BCUT2D eigenvalue weighted by Gasteiger charge is 2.43. The fourth-order valence-electron chi connectivity index (χ4n) is 2.89. The van der Waals surface area contributed by atoms with E-state index in [1.165, 1.54) is 12.8 Å². The summed E-state index contributed by atoms with van der Waals surface area (Å²) in [7, 11) is 0. The van der Waals surface area contributed by atoms with E-state index in [1.54, 1.807) is 0 Å². The van der Waals surface area contributed by atoms with Crippen LogP contribution in [0, 0.1) is 0 Å². The first-order chi connectivity index (χ1) is 6.22. The molecule has 2 atom stereocenters. The summed E-state index contributed by atoms with van der Waals surface area (Å²) >= 11 is 0. The first-order valence-corrected chi connectivity index (χ1v) is 5.67. The van der Waals surface area contributed by atoms with E-state index in [-0.39, 0.29) is 0 Å². The predicted molar refractivity (Wildman–Crippen MR) is 52.5 cm³/mol. The Morgan fingerprint density at radius 3 is 2.46 bits per heavy atom. The molecule has 2 fully saturated rings. The molecule has 0 amide bonds. The van der Waals surface area contributed by atoms with Crippen LogP contribution in [-0.4, -0.2) is 17.8 Å². The average Bonchev–Trinajstić information content (AvgIpc) is 2.43. The van der Waals surface area contributed by atoms with Gasteiger partial charge in [-0.1, -0.05) is 19.8 Å². The van der Waals surface area contributed by atoms with Crippen LogP contribution in [0.2, 0.25) is 0 Å². The van der Waals surface area contributed by atoms with Gasteiger partial charge in [-0.25, -0.2) is 4.39 Å². The largest absolute Gasteiger partial charge is 0.311 e. The lowest BCUT2D eigenvalue weighted by Crippen LogP contribution is -2.45. The Morgan fingerprint density at radius 2 is 1.92 bits per heavy atom. The number of fused-ring (bicyclic) bond motifs is 2. The van der Waals surface area contributed by atoms with Crippen molar-refractivity contribution >= 4 is 0 Å². The van der Waals surface area contributed by atoms with Crippen LogP contribution >= 0.6 is 0 Å². The summed E-state index contributed by atoms with van der Waals surface area (Å²) in [5.74, 6) is 0. The van der Waals surface area contributed by atoms with E-state index in [9.17, 15) is 4.39 Å². The van der Waals surface area contributed by atoms with E-state index >= 15 is 0 Å². The molecule has 1 N–H and O–H groups in total. The molecule has 0 aromatic rings. The summed E-state index contributed by atoms with van der Waals surface area (Å²) in [6, 6.07) is 0.973. The summed E-state index contributed by atoms with van der Waals surface area (Å²) in [5, 5.41) is 3.48. The van der Waals surface area contributed by atoms with Crippen LogP contribution < -0.4 is 5.32 Å². The van der Waals surface area contributed by atoms with E-state index in [1.807, 2.05) is 0 Å². The smallest absolute Gasteiger partial charge is 0.114 e. The maximum atomic E-state index is 14.3. The number of alkyl halides is 1. The monoisotopic (exact) mass is 185 g/mol. The van der Waals surface area contributed by atoms with Gasteiger partial charge >= 0.3 is 0 Å². The molecule has 2 heterocycles. The van der Waals surface area contributed by atoms with Crippen LogP contribution in [0.15, 0.2) is 0 Å². The van der Waals surface area contributed by atoms with Crippen molar-refractivity contribution in [2.45, 2.75) is 69.6 Å². The minimum atomic E-state index is -0.826. The summed E-state index contributed by atoms with van der Waals surface area (Å²) in [5.41, 5.74) is -0.826. The Bertz CT molecular complexity index is 169. The Kier molecular flexibility index (Phi) is 2.59. The molecule has 2 heteroatoms. The molecule has 2 saturated heterocycles. The van der Waals surface area contributed by atoms with E-state index in [2.05, 4.69) is 12.2 Å². The molecule has 0 aromatic heterocycles. The summed E-state index contributed by atoms with van der Waals surface area (Å²) < 4.78 is 14.3. The number of hydrogen-bond donors (Lipinski definition) is 1. The zero-order valence-corrected chi connectivity index (χ0v) is 8.48. The average molecular weight is 185 g/mol. The highest BCUT2D eigenvalue weighted by atomic mass is 19.1. The molecule has 2 aliphatic rings. The highest BCUT2D eigenvalue weighted by molar-refractivity contribution is 4.99. The maximum Gasteiger partial charge on any atom is 0.114 e. The molecule has 2 unspecified atom stereocenters. The third-order valence-corrected chi connectivity index (χ3v) is 3.54. The fraction of sp³-hybridized carbons (Fsp3) is 1.00. The molecule has 2 rings (SSSR count). The Labute approximate surface area is 80.1 Å². The van der Waals surface area contributed by atoms with E-state index in [0.717, 1.165) is 32.1 Å². The van der Waals surface area contributed by atoms with Crippen molar-refractivity contribution in [2.75, 3.05) is 0 Å². The van der Waals surface area contributed by atoms with Gasteiger partial charge in [0.05, 0.1) is 0 Å². The van der Waals surface area contributed by atoms with Crippen LogP contribution in [-0.2, 0) is 0 Å². The molecule has 2 aliphatic heterocycles. The third kappa shape index (κ3) is 2.04. The second-order valence-corrected chi connectivity index (χ2v) is 4.80. The van der Waals surface area contributed by atoms with Crippen LogP contribution in [0.4, 0.5) is 4.39 Å². The van der Waals surface area contributed by atoms with E-state index in [4.69, 9.17) is 0 Å². The molecule has 76 valence electrons.